The SMILES string of the molecule is O=C(O)Nc1c(-c2ccccc2)cccc1C1CCN(Cc2ccccc2)CC1. The van der Waals surface area contributed by atoms with Crippen LogP contribution in [0.5, 0.6) is 0 Å². The first kappa shape index (κ1) is 19.2. The summed E-state index contributed by atoms with van der Waals surface area (Å²) in [6.07, 6.45) is 1.04. The summed E-state index contributed by atoms with van der Waals surface area (Å²) < 4.78 is 0. The lowest BCUT2D eigenvalue weighted by atomic mass is 9.86. The molecule has 0 spiro atoms. The van der Waals surface area contributed by atoms with Gasteiger partial charge in [-0.3, -0.25) is 10.2 Å². The molecule has 1 aliphatic rings. The molecule has 0 atom stereocenters. The molecule has 1 aliphatic heterocycles. The van der Waals surface area contributed by atoms with Gasteiger partial charge in [-0.2, -0.15) is 0 Å². The molecule has 0 aliphatic carbocycles. The lowest BCUT2D eigenvalue weighted by Gasteiger charge is -2.33. The van der Waals surface area contributed by atoms with Crippen molar-refractivity contribution >= 4 is 11.8 Å². The fraction of sp³-hybridized carbons (Fsp3) is 0.240. The average Bonchev–Trinajstić information content (AvgIpc) is 2.75. The number of rotatable bonds is 5. The van der Waals surface area contributed by atoms with Crippen molar-refractivity contribution in [1.82, 2.24) is 4.90 Å². The van der Waals surface area contributed by atoms with Gasteiger partial charge in [0.05, 0.1) is 5.69 Å². The zero-order chi connectivity index (χ0) is 20.1. The van der Waals surface area contributed by atoms with Gasteiger partial charge in [-0.05, 0) is 48.5 Å². The number of carboxylic acid groups (broad SMARTS) is 1. The third-order valence-electron chi connectivity index (χ3n) is 5.69. The Bertz CT molecular complexity index is 949. The molecule has 1 saturated heterocycles. The van der Waals surface area contributed by atoms with Crippen molar-refractivity contribution < 1.29 is 9.90 Å². The fourth-order valence-corrected chi connectivity index (χ4v) is 4.26. The minimum Gasteiger partial charge on any atom is -0.465 e. The van der Waals surface area contributed by atoms with Crippen LogP contribution in [0.2, 0.25) is 0 Å². The number of nitrogens with one attached hydrogen (secondary N) is 1. The smallest absolute Gasteiger partial charge is 0.409 e. The van der Waals surface area contributed by atoms with Gasteiger partial charge in [-0.25, -0.2) is 4.79 Å². The fourth-order valence-electron chi connectivity index (χ4n) is 4.26. The summed E-state index contributed by atoms with van der Waals surface area (Å²) in [5, 5.41) is 12.1. The van der Waals surface area contributed by atoms with Crippen LogP contribution in [0, 0.1) is 0 Å². The molecule has 29 heavy (non-hydrogen) atoms. The predicted octanol–water partition coefficient (Wildman–Crippen LogP) is 5.82. The Balaban J connectivity index is 1.55. The van der Waals surface area contributed by atoms with Crippen LogP contribution in [0.15, 0.2) is 78.9 Å². The van der Waals surface area contributed by atoms with Gasteiger partial charge < -0.3 is 5.11 Å². The maximum absolute atomic E-state index is 11.5. The van der Waals surface area contributed by atoms with Crippen molar-refractivity contribution in [3.8, 4) is 11.1 Å². The van der Waals surface area contributed by atoms with E-state index in [1.54, 1.807) is 0 Å². The van der Waals surface area contributed by atoms with E-state index in [1.807, 2.05) is 48.5 Å². The monoisotopic (exact) mass is 386 g/mol. The van der Waals surface area contributed by atoms with Crippen molar-refractivity contribution in [1.29, 1.82) is 0 Å². The van der Waals surface area contributed by atoms with Crippen LogP contribution in [-0.2, 0) is 6.54 Å². The number of hydrogen-bond donors (Lipinski definition) is 2. The van der Waals surface area contributed by atoms with E-state index in [9.17, 15) is 9.90 Å². The number of likely N-dealkylation sites (tertiary alicyclic amines) is 1. The summed E-state index contributed by atoms with van der Waals surface area (Å²) in [6, 6.07) is 26.7. The van der Waals surface area contributed by atoms with E-state index in [0.717, 1.165) is 54.9 Å². The maximum atomic E-state index is 11.5. The van der Waals surface area contributed by atoms with Gasteiger partial charge >= 0.3 is 6.09 Å². The standard InChI is InChI=1S/C25H26N2O2/c28-25(29)26-24-22(20-10-5-2-6-11-20)12-7-13-23(24)21-14-16-27(17-15-21)18-19-8-3-1-4-9-19/h1-13,21,26H,14-18H2,(H,28,29). The Morgan fingerprint density at radius 2 is 1.55 bits per heavy atom. The summed E-state index contributed by atoms with van der Waals surface area (Å²) in [5.41, 5.74) is 5.14. The van der Waals surface area contributed by atoms with Gasteiger partial charge in [0, 0.05) is 12.1 Å². The average molecular weight is 386 g/mol. The molecular formula is C25H26N2O2. The van der Waals surface area contributed by atoms with Gasteiger partial charge in [0.25, 0.3) is 0 Å². The number of anilines is 1. The van der Waals surface area contributed by atoms with Gasteiger partial charge in [0.15, 0.2) is 0 Å². The second-order valence-corrected chi connectivity index (χ2v) is 7.60. The molecule has 1 heterocycles. The summed E-state index contributed by atoms with van der Waals surface area (Å²) in [4.78, 5) is 14.0. The molecule has 4 rings (SSSR count). The van der Waals surface area contributed by atoms with Crippen LogP contribution in [0.4, 0.5) is 10.5 Å². The van der Waals surface area contributed by atoms with Crippen LogP contribution >= 0.6 is 0 Å². The molecule has 1 amide bonds. The van der Waals surface area contributed by atoms with Crippen molar-refractivity contribution in [2.45, 2.75) is 25.3 Å². The zero-order valence-electron chi connectivity index (χ0n) is 16.4. The number of amides is 1. The van der Waals surface area contributed by atoms with Gasteiger partial charge in [-0.15, -0.1) is 0 Å². The van der Waals surface area contributed by atoms with Gasteiger partial charge in [0.2, 0.25) is 0 Å². The molecule has 4 heteroatoms. The largest absolute Gasteiger partial charge is 0.465 e. The Morgan fingerprint density at radius 3 is 2.21 bits per heavy atom. The minimum absolute atomic E-state index is 0.354. The van der Waals surface area contributed by atoms with Crippen molar-refractivity contribution in [2.24, 2.45) is 0 Å². The Kier molecular flexibility index (Phi) is 5.92. The molecule has 0 aromatic heterocycles. The van der Waals surface area contributed by atoms with E-state index in [-0.39, 0.29) is 0 Å². The zero-order valence-corrected chi connectivity index (χ0v) is 16.4. The van der Waals surface area contributed by atoms with Crippen LogP contribution < -0.4 is 5.32 Å². The van der Waals surface area contributed by atoms with E-state index in [0.29, 0.717) is 5.92 Å². The highest BCUT2D eigenvalue weighted by Crippen LogP contribution is 2.39. The first-order valence-electron chi connectivity index (χ1n) is 10.2. The molecule has 3 aromatic carbocycles. The van der Waals surface area contributed by atoms with E-state index < -0.39 is 6.09 Å². The normalized spacial score (nSPS) is 15.2. The number of para-hydroxylation sites is 1. The van der Waals surface area contributed by atoms with Crippen LogP contribution in [0.25, 0.3) is 11.1 Å². The molecule has 0 bridgehead atoms. The van der Waals surface area contributed by atoms with E-state index >= 15 is 0 Å². The molecule has 1 fully saturated rings. The number of carbonyl (C=O) groups is 1. The van der Waals surface area contributed by atoms with Crippen LogP contribution in [-0.4, -0.2) is 29.2 Å². The molecule has 0 radical (unpaired) electrons. The lowest BCUT2D eigenvalue weighted by Crippen LogP contribution is -2.32. The molecule has 2 N–H and O–H groups in total. The topological polar surface area (TPSA) is 52.6 Å². The molecule has 148 valence electrons. The van der Waals surface area contributed by atoms with Crippen LogP contribution in [0.3, 0.4) is 0 Å². The van der Waals surface area contributed by atoms with Gasteiger partial charge in [-0.1, -0.05) is 78.9 Å². The molecule has 4 nitrogen and oxygen atoms in total. The van der Waals surface area contributed by atoms with Crippen LogP contribution in [0.1, 0.15) is 29.9 Å². The third-order valence-corrected chi connectivity index (χ3v) is 5.69. The van der Waals surface area contributed by atoms with E-state index in [1.165, 1.54) is 5.56 Å². The summed E-state index contributed by atoms with van der Waals surface area (Å²) in [5.74, 6) is 0.354. The highest BCUT2D eigenvalue weighted by Gasteiger charge is 2.24. The lowest BCUT2D eigenvalue weighted by molar-refractivity contribution is 0.204. The number of hydrogen-bond acceptors (Lipinski definition) is 2. The summed E-state index contributed by atoms with van der Waals surface area (Å²) >= 11 is 0. The quantitative estimate of drug-likeness (QED) is 0.581. The molecular weight excluding hydrogens is 360 g/mol. The number of piperidine rings is 1. The second kappa shape index (κ2) is 8.93. The minimum atomic E-state index is -1.02. The summed E-state index contributed by atoms with van der Waals surface area (Å²) in [7, 11) is 0. The molecule has 3 aromatic rings. The molecule has 0 unspecified atom stereocenters. The number of nitrogens with zero attached hydrogens (tertiary/aromatic N) is 1. The van der Waals surface area contributed by atoms with Gasteiger partial charge in [0.1, 0.15) is 0 Å². The Morgan fingerprint density at radius 1 is 0.897 bits per heavy atom. The first-order chi connectivity index (χ1) is 14.2. The third kappa shape index (κ3) is 4.66. The van der Waals surface area contributed by atoms with Crippen molar-refractivity contribution in [3.63, 3.8) is 0 Å². The highest BCUT2D eigenvalue weighted by molar-refractivity contribution is 5.92. The molecule has 0 saturated carbocycles. The Hall–Kier alpha value is -3.11. The number of benzene rings is 3. The second-order valence-electron chi connectivity index (χ2n) is 7.60. The predicted molar refractivity (Wildman–Crippen MR) is 117 cm³/mol. The maximum Gasteiger partial charge on any atom is 0.409 e. The van der Waals surface area contributed by atoms with Crippen molar-refractivity contribution in [3.05, 3.63) is 90.0 Å². The Labute approximate surface area is 171 Å². The van der Waals surface area contributed by atoms with Crippen molar-refractivity contribution in [2.75, 3.05) is 18.4 Å². The van der Waals surface area contributed by atoms with E-state index in [4.69, 9.17) is 0 Å². The summed E-state index contributed by atoms with van der Waals surface area (Å²) in [6.45, 7) is 3.00. The highest BCUT2D eigenvalue weighted by atomic mass is 16.4. The van der Waals surface area contributed by atoms with E-state index in [2.05, 4.69) is 40.5 Å². The first-order valence-corrected chi connectivity index (χ1v) is 10.2.